The van der Waals surface area contributed by atoms with Crippen LogP contribution in [0.1, 0.15) is 25.8 Å². The van der Waals surface area contributed by atoms with Crippen LogP contribution in [0.4, 0.5) is 0 Å². The van der Waals surface area contributed by atoms with E-state index in [0.717, 1.165) is 5.56 Å². The Labute approximate surface area is 168 Å². The molecule has 0 aliphatic carbocycles. The fourth-order valence-electron chi connectivity index (χ4n) is 2.78. The minimum atomic E-state index is -4.60. The lowest BCUT2D eigenvalue weighted by Crippen LogP contribution is -2.53. The lowest BCUT2D eigenvalue weighted by atomic mass is 10.0. The molecule has 10 nitrogen and oxygen atoms in total. The Kier molecular flexibility index (Phi) is 7.71. The summed E-state index contributed by atoms with van der Waals surface area (Å²) in [5, 5.41) is 14.1. The summed E-state index contributed by atoms with van der Waals surface area (Å²) in [6.07, 6.45) is -3.07. The first kappa shape index (κ1) is 22.8. The van der Waals surface area contributed by atoms with Gasteiger partial charge in [0.2, 0.25) is 12.0 Å². The number of carboxylic acid groups (broad SMARTS) is 1. The number of amides is 2. The van der Waals surface area contributed by atoms with Crippen molar-refractivity contribution in [3.8, 4) is 0 Å². The molecule has 29 heavy (non-hydrogen) atoms. The van der Waals surface area contributed by atoms with Gasteiger partial charge in [0, 0.05) is 6.54 Å². The third-order valence-corrected chi connectivity index (χ3v) is 5.00. The van der Waals surface area contributed by atoms with E-state index in [1.807, 2.05) is 44.2 Å². The highest BCUT2D eigenvalue weighted by Gasteiger charge is 2.49. The molecule has 1 saturated heterocycles. The molecule has 1 aliphatic heterocycles. The van der Waals surface area contributed by atoms with Gasteiger partial charge >= 0.3 is 16.4 Å². The van der Waals surface area contributed by atoms with Crippen molar-refractivity contribution in [1.82, 2.24) is 10.6 Å². The lowest BCUT2D eigenvalue weighted by molar-refractivity contribution is -0.150. The molecule has 3 atom stereocenters. The number of carboxylic acids is 1. The molecule has 11 heteroatoms. The van der Waals surface area contributed by atoms with Crippen molar-refractivity contribution < 1.29 is 36.3 Å². The van der Waals surface area contributed by atoms with Crippen LogP contribution in [0.25, 0.3) is 0 Å². The van der Waals surface area contributed by atoms with Crippen LogP contribution in [-0.2, 0) is 39.6 Å². The molecule has 0 aromatic heterocycles. The van der Waals surface area contributed by atoms with Gasteiger partial charge in [-0.05, 0) is 24.3 Å². The fourth-order valence-corrected chi connectivity index (χ4v) is 3.71. The van der Waals surface area contributed by atoms with Crippen molar-refractivity contribution in [3.05, 3.63) is 35.9 Å². The largest absolute Gasteiger partial charge is 0.479 e. The molecule has 1 aliphatic rings. The molecule has 2 rings (SSSR count). The predicted molar refractivity (Wildman–Crippen MR) is 101 cm³/mol. The zero-order valence-electron chi connectivity index (χ0n) is 16.0. The van der Waals surface area contributed by atoms with Crippen LogP contribution in [0.5, 0.6) is 0 Å². The SMILES string of the molecule is CC(C)C[C@H](NC(=O)[C@H]1OS(=O)(=O)O[C@@H]1C(=O)O)C(=O)NCCc1ccccc1. The van der Waals surface area contributed by atoms with E-state index in [4.69, 9.17) is 5.11 Å². The van der Waals surface area contributed by atoms with Crippen LogP contribution >= 0.6 is 0 Å². The Morgan fingerprint density at radius 1 is 1.10 bits per heavy atom. The van der Waals surface area contributed by atoms with E-state index in [-0.39, 0.29) is 12.3 Å². The molecular formula is C18H24N2O8S. The van der Waals surface area contributed by atoms with Crippen LogP contribution < -0.4 is 10.6 Å². The van der Waals surface area contributed by atoms with Gasteiger partial charge in [0.25, 0.3) is 5.91 Å². The van der Waals surface area contributed by atoms with Crippen LogP contribution in [0.2, 0.25) is 0 Å². The van der Waals surface area contributed by atoms with Gasteiger partial charge in [0.1, 0.15) is 6.04 Å². The van der Waals surface area contributed by atoms with E-state index in [9.17, 15) is 22.8 Å². The number of carbonyl (C=O) groups excluding carboxylic acids is 2. The average molecular weight is 428 g/mol. The van der Waals surface area contributed by atoms with Gasteiger partial charge in [-0.3, -0.25) is 9.59 Å². The predicted octanol–water partition coefficient (Wildman–Crippen LogP) is -0.0104. The number of hydrogen-bond donors (Lipinski definition) is 3. The quantitative estimate of drug-likeness (QED) is 0.497. The first-order valence-corrected chi connectivity index (χ1v) is 10.4. The normalized spacial score (nSPS) is 21.5. The molecule has 0 spiro atoms. The number of hydrogen-bond acceptors (Lipinski definition) is 7. The number of benzene rings is 1. The minimum Gasteiger partial charge on any atom is -0.479 e. The molecule has 160 valence electrons. The highest BCUT2D eigenvalue weighted by molar-refractivity contribution is 7.82. The van der Waals surface area contributed by atoms with Crippen LogP contribution in [-0.4, -0.2) is 56.1 Å². The second-order valence-corrected chi connectivity index (χ2v) is 8.20. The van der Waals surface area contributed by atoms with E-state index >= 15 is 0 Å². The third kappa shape index (κ3) is 6.80. The Hall–Kier alpha value is -2.50. The van der Waals surface area contributed by atoms with Crippen molar-refractivity contribution in [2.75, 3.05) is 6.54 Å². The van der Waals surface area contributed by atoms with Crippen LogP contribution in [0.15, 0.2) is 30.3 Å². The number of nitrogens with one attached hydrogen (secondary N) is 2. The smallest absolute Gasteiger partial charge is 0.401 e. The zero-order chi connectivity index (χ0) is 21.6. The molecule has 0 saturated carbocycles. The van der Waals surface area contributed by atoms with E-state index in [1.54, 1.807) is 0 Å². The molecule has 1 heterocycles. The number of rotatable bonds is 9. The van der Waals surface area contributed by atoms with Gasteiger partial charge in [0.05, 0.1) is 0 Å². The summed E-state index contributed by atoms with van der Waals surface area (Å²) in [6.45, 7) is 4.02. The lowest BCUT2D eigenvalue weighted by Gasteiger charge is -2.22. The molecule has 0 radical (unpaired) electrons. The van der Waals surface area contributed by atoms with Gasteiger partial charge < -0.3 is 15.7 Å². The molecule has 1 fully saturated rings. The summed E-state index contributed by atoms with van der Waals surface area (Å²) in [6, 6.07) is 8.51. The molecule has 3 N–H and O–H groups in total. The molecule has 0 bridgehead atoms. The van der Waals surface area contributed by atoms with Crippen LogP contribution in [0, 0.1) is 5.92 Å². The molecule has 1 aromatic rings. The highest BCUT2D eigenvalue weighted by atomic mass is 32.3. The summed E-state index contributed by atoms with van der Waals surface area (Å²) < 4.78 is 31.4. The topological polar surface area (TPSA) is 148 Å². The third-order valence-electron chi connectivity index (χ3n) is 4.12. The molecule has 1 aromatic carbocycles. The maximum atomic E-state index is 12.5. The van der Waals surface area contributed by atoms with E-state index in [1.165, 1.54) is 0 Å². The average Bonchev–Trinajstić information content (AvgIpc) is 2.97. The standard InChI is InChI=1S/C18H24N2O8S/c1-11(2)10-13(16(21)19-9-8-12-6-4-3-5-7-12)20-17(22)14-15(18(23)24)28-29(25,26)27-14/h3-7,11,13-15H,8-10H2,1-2H3,(H,19,21)(H,20,22)(H,23,24)/t13-,14-,15-/m0/s1. The zero-order valence-corrected chi connectivity index (χ0v) is 16.8. The summed E-state index contributed by atoms with van der Waals surface area (Å²) in [5.41, 5.74) is 1.03. The van der Waals surface area contributed by atoms with Crippen molar-refractivity contribution in [1.29, 1.82) is 0 Å². The van der Waals surface area contributed by atoms with E-state index < -0.39 is 46.4 Å². The Morgan fingerprint density at radius 2 is 1.72 bits per heavy atom. The van der Waals surface area contributed by atoms with Crippen LogP contribution in [0.3, 0.4) is 0 Å². The Balaban J connectivity index is 2.00. The van der Waals surface area contributed by atoms with Gasteiger partial charge in [-0.1, -0.05) is 44.2 Å². The maximum Gasteiger partial charge on any atom is 0.401 e. The van der Waals surface area contributed by atoms with Gasteiger partial charge in [-0.25, -0.2) is 13.2 Å². The van der Waals surface area contributed by atoms with Crippen molar-refractivity contribution in [2.24, 2.45) is 5.92 Å². The molecule has 2 amide bonds. The number of carbonyl (C=O) groups is 3. The van der Waals surface area contributed by atoms with Gasteiger partial charge in [-0.2, -0.15) is 8.42 Å². The van der Waals surface area contributed by atoms with Gasteiger partial charge in [0.15, 0.2) is 6.10 Å². The summed E-state index contributed by atoms with van der Waals surface area (Å²) in [5.74, 6) is -3.15. The summed E-state index contributed by atoms with van der Waals surface area (Å²) in [4.78, 5) is 36.1. The van der Waals surface area contributed by atoms with Crippen molar-refractivity contribution >= 4 is 28.2 Å². The van der Waals surface area contributed by atoms with E-state index in [0.29, 0.717) is 13.0 Å². The summed E-state index contributed by atoms with van der Waals surface area (Å²) >= 11 is 0. The number of aliphatic carboxylic acids is 1. The monoisotopic (exact) mass is 428 g/mol. The highest BCUT2D eigenvalue weighted by Crippen LogP contribution is 2.21. The Morgan fingerprint density at radius 3 is 2.31 bits per heavy atom. The first-order valence-electron chi connectivity index (χ1n) is 9.05. The summed E-state index contributed by atoms with van der Waals surface area (Å²) in [7, 11) is -4.60. The second kappa shape index (κ2) is 9.81. The maximum absolute atomic E-state index is 12.5. The first-order chi connectivity index (χ1) is 13.6. The second-order valence-electron chi connectivity index (χ2n) is 7.00. The molecule has 0 unspecified atom stereocenters. The van der Waals surface area contributed by atoms with Gasteiger partial charge in [-0.15, -0.1) is 0 Å². The van der Waals surface area contributed by atoms with Crippen molar-refractivity contribution in [2.45, 2.75) is 44.9 Å². The molecular weight excluding hydrogens is 404 g/mol. The fraction of sp³-hybridized carbons (Fsp3) is 0.500. The Bertz CT molecular complexity index is 841. The van der Waals surface area contributed by atoms with Crippen molar-refractivity contribution in [3.63, 3.8) is 0 Å². The minimum absolute atomic E-state index is 0.0277. The van der Waals surface area contributed by atoms with E-state index in [2.05, 4.69) is 19.0 Å².